The number of rotatable bonds is 5. The Hall–Kier alpha value is -3.25. The number of carbonyl (C=O) groups excluding carboxylic acids is 1. The van der Waals surface area contributed by atoms with Crippen LogP contribution in [0.25, 0.3) is 0 Å². The lowest BCUT2D eigenvalue weighted by Gasteiger charge is -2.35. The van der Waals surface area contributed by atoms with Crippen molar-refractivity contribution in [2.75, 3.05) is 36.4 Å². The summed E-state index contributed by atoms with van der Waals surface area (Å²) in [5.41, 5.74) is 2.25. The predicted molar refractivity (Wildman–Crippen MR) is 113 cm³/mol. The molecule has 0 spiro atoms. The van der Waals surface area contributed by atoms with E-state index in [1.807, 2.05) is 6.07 Å². The van der Waals surface area contributed by atoms with Gasteiger partial charge in [-0.05, 0) is 35.9 Å². The number of aromatic nitrogens is 1. The van der Waals surface area contributed by atoms with Gasteiger partial charge in [0.2, 0.25) is 0 Å². The zero-order chi connectivity index (χ0) is 20.1. The molecule has 1 aliphatic heterocycles. The minimum absolute atomic E-state index is 0.276. The fourth-order valence-corrected chi connectivity index (χ4v) is 3.48. The second-order valence-electron chi connectivity index (χ2n) is 7.12. The van der Waals surface area contributed by atoms with Crippen molar-refractivity contribution < 1.29 is 9.18 Å². The van der Waals surface area contributed by atoms with Crippen molar-refractivity contribution >= 4 is 17.4 Å². The first-order valence-electron chi connectivity index (χ1n) is 9.71. The van der Waals surface area contributed by atoms with Crippen molar-refractivity contribution in [3.8, 4) is 0 Å². The minimum atomic E-state index is -0.383. The van der Waals surface area contributed by atoms with Crippen LogP contribution in [-0.4, -0.2) is 42.0 Å². The number of nitrogens with zero attached hydrogens (tertiary/aromatic N) is 3. The molecule has 5 nitrogen and oxygen atoms in total. The summed E-state index contributed by atoms with van der Waals surface area (Å²) in [6.07, 6.45) is 1.65. The number of hydrogen-bond acceptors (Lipinski definition) is 4. The standard InChI is InChI=1S/C23H23FN4O/c24-20-7-4-8-21(16-20)26-23(29)19-9-10-25-22(15-19)28-13-11-27(12-14-28)17-18-5-2-1-3-6-18/h1-10,15-16H,11-14,17H2,(H,26,29). The Bertz CT molecular complexity index is 971. The zero-order valence-corrected chi connectivity index (χ0v) is 16.1. The molecule has 0 unspecified atom stereocenters. The van der Waals surface area contributed by atoms with Crippen molar-refractivity contribution in [3.05, 3.63) is 89.9 Å². The molecule has 148 valence electrons. The summed E-state index contributed by atoms with van der Waals surface area (Å²) in [5.74, 6) is 0.129. The first kappa shape index (κ1) is 19.1. The van der Waals surface area contributed by atoms with E-state index in [0.29, 0.717) is 11.3 Å². The van der Waals surface area contributed by atoms with E-state index in [1.54, 1.807) is 30.5 Å². The van der Waals surface area contributed by atoms with Crippen LogP contribution in [0, 0.1) is 5.82 Å². The van der Waals surface area contributed by atoms with Gasteiger partial charge in [-0.3, -0.25) is 9.69 Å². The highest BCUT2D eigenvalue weighted by atomic mass is 19.1. The maximum atomic E-state index is 13.3. The predicted octanol–water partition coefficient (Wildman–Crippen LogP) is 3.80. The Kier molecular flexibility index (Phi) is 5.81. The Balaban J connectivity index is 1.37. The first-order valence-corrected chi connectivity index (χ1v) is 9.71. The van der Waals surface area contributed by atoms with Gasteiger partial charge in [-0.2, -0.15) is 0 Å². The van der Waals surface area contributed by atoms with E-state index in [0.717, 1.165) is 38.5 Å². The molecule has 1 amide bonds. The Morgan fingerprint density at radius 1 is 0.966 bits per heavy atom. The Morgan fingerprint density at radius 2 is 1.76 bits per heavy atom. The summed E-state index contributed by atoms with van der Waals surface area (Å²) >= 11 is 0. The van der Waals surface area contributed by atoms with Crippen molar-refractivity contribution in [2.24, 2.45) is 0 Å². The molecule has 1 saturated heterocycles. The summed E-state index contributed by atoms with van der Waals surface area (Å²) in [4.78, 5) is 21.6. The van der Waals surface area contributed by atoms with Gasteiger partial charge >= 0.3 is 0 Å². The molecule has 0 saturated carbocycles. The van der Waals surface area contributed by atoms with Gasteiger partial charge in [-0.1, -0.05) is 36.4 Å². The number of anilines is 2. The Labute approximate surface area is 169 Å². The van der Waals surface area contributed by atoms with E-state index in [4.69, 9.17) is 0 Å². The van der Waals surface area contributed by atoms with Crippen LogP contribution in [0.15, 0.2) is 72.9 Å². The summed E-state index contributed by atoms with van der Waals surface area (Å²) in [6, 6.07) is 19.8. The van der Waals surface area contributed by atoms with E-state index in [2.05, 4.69) is 44.4 Å². The van der Waals surface area contributed by atoms with Crippen LogP contribution in [0.5, 0.6) is 0 Å². The van der Waals surface area contributed by atoms with Crippen LogP contribution in [0.2, 0.25) is 0 Å². The van der Waals surface area contributed by atoms with Gasteiger partial charge < -0.3 is 10.2 Å². The molecule has 1 fully saturated rings. The van der Waals surface area contributed by atoms with Crippen LogP contribution in [-0.2, 0) is 6.54 Å². The molecule has 3 aromatic rings. The van der Waals surface area contributed by atoms with Crippen molar-refractivity contribution in [3.63, 3.8) is 0 Å². The maximum absolute atomic E-state index is 13.3. The van der Waals surface area contributed by atoms with Gasteiger partial charge in [0.05, 0.1) is 0 Å². The van der Waals surface area contributed by atoms with Crippen molar-refractivity contribution in [1.29, 1.82) is 0 Å². The average Bonchev–Trinajstić information content (AvgIpc) is 2.75. The summed E-state index contributed by atoms with van der Waals surface area (Å²) in [5, 5.41) is 2.73. The molecular weight excluding hydrogens is 367 g/mol. The van der Waals surface area contributed by atoms with Gasteiger partial charge in [0.25, 0.3) is 5.91 Å². The second kappa shape index (κ2) is 8.84. The quantitative estimate of drug-likeness (QED) is 0.720. The number of halogens is 1. The van der Waals surface area contributed by atoms with Crippen molar-refractivity contribution in [2.45, 2.75) is 6.54 Å². The van der Waals surface area contributed by atoms with Gasteiger partial charge in [-0.15, -0.1) is 0 Å². The minimum Gasteiger partial charge on any atom is -0.354 e. The largest absolute Gasteiger partial charge is 0.354 e. The van der Waals surface area contributed by atoms with Gasteiger partial charge in [0, 0.05) is 50.2 Å². The third-order valence-corrected chi connectivity index (χ3v) is 5.04. The molecular formula is C23H23FN4O. The maximum Gasteiger partial charge on any atom is 0.255 e. The molecule has 1 N–H and O–H groups in total. The molecule has 0 bridgehead atoms. The summed E-state index contributed by atoms with van der Waals surface area (Å²) in [7, 11) is 0. The number of pyridine rings is 1. The summed E-state index contributed by atoms with van der Waals surface area (Å²) < 4.78 is 13.3. The van der Waals surface area contributed by atoms with Crippen LogP contribution < -0.4 is 10.2 Å². The Morgan fingerprint density at radius 3 is 2.52 bits per heavy atom. The first-order chi connectivity index (χ1) is 14.2. The van der Waals surface area contributed by atoms with Crippen LogP contribution in [0.4, 0.5) is 15.9 Å². The second-order valence-corrected chi connectivity index (χ2v) is 7.12. The highest BCUT2D eigenvalue weighted by Crippen LogP contribution is 2.18. The lowest BCUT2D eigenvalue weighted by atomic mass is 10.2. The fraction of sp³-hybridized carbons (Fsp3) is 0.217. The van der Waals surface area contributed by atoms with Crippen molar-refractivity contribution in [1.82, 2.24) is 9.88 Å². The number of piperazine rings is 1. The van der Waals surface area contributed by atoms with E-state index in [9.17, 15) is 9.18 Å². The highest BCUT2D eigenvalue weighted by Gasteiger charge is 2.19. The van der Waals surface area contributed by atoms with Gasteiger partial charge in [0.15, 0.2) is 0 Å². The summed E-state index contributed by atoms with van der Waals surface area (Å²) in [6.45, 7) is 4.54. The molecule has 4 rings (SSSR count). The lowest BCUT2D eigenvalue weighted by Crippen LogP contribution is -2.46. The third-order valence-electron chi connectivity index (χ3n) is 5.04. The van der Waals surface area contributed by atoms with E-state index >= 15 is 0 Å². The monoisotopic (exact) mass is 390 g/mol. The average molecular weight is 390 g/mol. The molecule has 1 aliphatic rings. The normalized spacial score (nSPS) is 14.6. The third kappa shape index (κ3) is 4.97. The molecule has 2 heterocycles. The molecule has 6 heteroatoms. The smallest absolute Gasteiger partial charge is 0.255 e. The molecule has 2 aromatic carbocycles. The van der Waals surface area contributed by atoms with Crippen LogP contribution in [0.3, 0.4) is 0 Å². The zero-order valence-electron chi connectivity index (χ0n) is 16.1. The molecule has 0 radical (unpaired) electrons. The highest BCUT2D eigenvalue weighted by molar-refractivity contribution is 6.04. The van der Waals surface area contributed by atoms with E-state index < -0.39 is 0 Å². The number of benzene rings is 2. The SMILES string of the molecule is O=C(Nc1cccc(F)c1)c1ccnc(N2CCN(Cc3ccccc3)CC2)c1. The van der Waals surface area contributed by atoms with E-state index in [-0.39, 0.29) is 11.7 Å². The number of carbonyl (C=O) groups is 1. The van der Waals surface area contributed by atoms with Crippen LogP contribution in [0.1, 0.15) is 15.9 Å². The lowest BCUT2D eigenvalue weighted by molar-refractivity contribution is 0.102. The van der Waals surface area contributed by atoms with E-state index in [1.165, 1.54) is 17.7 Å². The van der Waals surface area contributed by atoms with Gasteiger partial charge in [0.1, 0.15) is 11.6 Å². The molecule has 29 heavy (non-hydrogen) atoms. The molecule has 0 atom stereocenters. The topological polar surface area (TPSA) is 48.5 Å². The molecule has 1 aromatic heterocycles. The molecule has 0 aliphatic carbocycles. The number of hydrogen-bond donors (Lipinski definition) is 1. The number of nitrogens with one attached hydrogen (secondary N) is 1. The van der Waals surface area contributed by atoms with Crippen LogP contribution >= 0.6 is 0 Å². The van der Waals surface area contributed by atoms with Gasteiger partial charge in [-0.25, -0.2) is 9.37 Å². The number of amides is 1. The fourth-order valence-electron chi connectivity index (χ4n) is 3.48.